The number of alkyl carbamates (subject to hydrolysis) is 2. The van der Waals surface area contributed by atoms with Gasteiger partial charge < -0.3 is 44.3 Å². The van der Waals surface area contributed by atoms with Crippen LogP contribution in [0, 0.1) is 52.3 Å². The van der Waals surface area contributed by atoms with E-state index in [0.717, 1.165) is 11.8 Å². The van der Waals surface area contributed by atoms with Crippen LogP contribution in [0.3, 0.4) is 0 Å². The number of likely N-dealkylation sites (tertiary alicyclic amines) is 2. The van der Waals surface area contributed by atoms with Crippen molar-refractivity contribution in [2.45, 2.75) is 88.7 Å². The van der Waals surface area contributed by atoms with Crippen LogP contribution in [-0.4, -0.2) is 154 Å². The molecule has 4 aromatic rings. The van der Waals surface area contributed by atoms with Crippen molar-refractivity contribution in [3.63, 3.8) is 0 Å². The van der Waals surface area contributed by atoms with Crippen LogP contribution >= 0.6 is 11.8 Å². The number of aliphatic imine (C=N–C) groups is 1. The number of guanidine groups is 1. The number of thioether (sulfide) groups is 1. The Morgan fingerprint density at radius 1 is 0.667 bits per heavy atom. The Morgan fingerprint density at radius 3 is 1.54 bits per heavy atom. The number of aliphatic hydroxyl groups excluding tert-OH is 2. The van der Waals surface area contributed by atoms with E-state index >= 15 is 0 Å². The number of non-ortho nitro benzene ring substituents is 4. The Balaban J connectivity index is 0.905. The van der Waals surface area contributed by atoms with Gasteiger partial charge >= 0.3 is 24.2 Å². The molecule has 3 saturated heterocycles. The van der Waals surface area contributed by atoms with Crippen molar-refractivity contribution in [3.8, 4) is 0 Å². The van der Waals surface area contributed by atoms with Crippen LogP contribution in [0.15, 0.2) is 113 Å². The second-order valence-corrected chi connectivity index (χ2v) is 21.7. The SMILES string of the molecule is C[C@@H](O)[C@H]1C(=O)N2C(C(=O)OCc3ccc([N+](=O)[O-])cc3)=C(S[C@H]3C[C@@H](C(=O)N4CC(NC(=O)CC(O)CN=C(NC(=O)OCc5ccc([N+](=O)[O-])cc5)NC(=O)OCc5ccc([N+](=O)[O-])cc5)C4)N(C(=O)OCc4ccc([N+](=O)[O-])cc4)C3)[C@H](C)[C@H]12. The van der Waals surface area contributed by atoms with E-state index in [2.05, 4.69) is 20.9 Å². The van der Waals surface area contributed by atoms with Gasteiger partial charge in [-0.05, 0) is 84.1 Å². The van der Waals surface area contributed by atoms with Crippen molar-refractivity contribution < 1.29 is 82.4 Å². The number of nitrogens with one attached hydrogen (secondary N) is 3. The van der Waals surface area contributed by atoms with Gasteiger partial charge in [0.1, 0.15) is 38.2 Å². The van der Waals surface area contributed by atoms with Crippen LogP contribution in [0.1, 0.15) is 48.9 Å². The maximum absolute atomic E-state index is 14.4. The molecule has 7 atom stereocenters. The summed E-state index contributed by atoms with van der Waals surface area (Å²) >= 11 is 1.14. The molecular weight excluding hydrogens is 1170 g/mol. The molecule has 0 aromatic heterocycles. The number of nitro benzene ring substituents is 4. The number of hydrogen-bond acceptors (Lipinski definition) is 23. The summed E-state index contributed by atoms with van der Waals surface area (Å²) in [5.41, 5.74) is 0.639. The van der Waals surface area contributed by atoms with Gasteiger partial charge in [0.15, 0.2) is 0 Å². The average Bonchev–Trinajstić information content (AvgIpc) is 1.61. The summed E-state index contributed by atoms with van der Waals surface area (Å²) in [5, 5.41) is 72.4. The van der Waals surface area contributed by atoms with Gasteiger partial charge in [0.2, 0.25) is 23.7 Å². The highest BCUT2D eigenvalue weighted by Gasteiger charge is 2.61. The van der Waals surface area contributed by atoms with Crippen LogP contribution in [0.4, 0.5) is 37.1 Å². The second-order valence-electron chi connectivity index (χ2n) is 20.4. The molecule has 5 N–H and O–H groups in total. The molecular formula is C54H55N11O21S. The molecule has 0 radical (unpaired) electrons. The molecule has 0 bridgehead atoms. The predicted octanol–water partition coefficient (Wildman–Crippen LogP) is 4.23. The number of carbonyl (C=O) groups excluding carboxylic acids is 7. The van der Waals surface area contributed by atoms with E-state index in [9.17, 15) is 84.2 Å². The summed E-state index contributed by atoms with van der Waals surface area (Å²) in [6, 6.07) is 18.2. The number of rotatable bonds is 22. The lowest BCUT2D eigenvalue weighted by atomic mass is 9.79. The lowest BCUT2D eigenvalue weighted by Crippen LogP contribution is -2.64. The molecule has 4 aromatic carbocycles. The minimum atomic E-state index is -1.54. The van der Waals surface area contributed by atoms with Gasteiger partial charge in [-0.1, -0.05) is 6.92 Å². The highest BCUT2D eigenvalue weighted by molar-refractivity contribution is 8.03. The van der Waals surface area contributed by atoms with Gasteiger partial charge in [-0.25, -0.2) is 24.2 Å². The van der Waals surface area contributed by atoms with E-state index in [1.165, 1.54) is 119 Å². The van der Waals surface area contributed by atoms with Crippen molar-refractivity contribution >= 4 is 82.4 Å². The predicted molar refractivity (Wildman–Crippen MR) is 299 cm³/mol. The fourth-order valence-electron chi connectivity index (χ4n) is 9.86. The zero-order valence-electron chi connectivity index (χ0n) is 46.1. The molecule has 4 aliphatic rings. The Morgan fingerprint density at radius 2 is 1.10 bits per heavy atom. The average molecular weight is 1230 g/mol. The molecule has 33 heteroatoms. The highest BCUT2D eigenvalue weighted by Crippen LogP contribution is 2.52. The van der Waals surface area contributed by atoms with Crippen LogP contribution in [0.2, 0.25) is 0 Å². The molecule has 1 unspecified atom stereocenters. The quantitative estimate of drug-likeness (QED) is 0.0140. The standard InChI is InChI=1S/C54H55N11O21S/c1-29-45-44(30(2)66)49(70)61(45)46(50(71)83-25-31-3-11-36(12-4-31)62(75)76)47(29)87-41-20-42(60(24-41)54(74)86-28-34-9-17-39(18-10-34)65(81)82)48(69)59-22-35(23-59)56-43(68)19-40(67)21-55-51(57-52(72)84-26-32-5-13-37(14-6-32)63(77)78)58-53(73)85-27-33-7-15-38(16-8-33)64(79)80/h3-18,29-30,35,40-42,44-45,66-67H,19-28H2,1-2H3,(H,56,68)(H2,55,57,58,72,73)/t29-,30-,40?,41+,42+,44-,45-/m1/s1. The fraction of sp³-hybridized carbons (Fsp3) is 0.370. The normalized spacial score (nSPS) is 19.2. The Hall–Kier alpha value is -10.2. The number of amides is 6. The number of ether oxygens (including phenoxy) is 4. The summed E-state index contributed by atoms with van der Waals surface area (Å²) < 4.78 is 21.6. The summed E-state index contributed by atoms with van der Waals surface area (Å²) in [4.78, 5) is 145. The first-order valence-electron chi connectivity index (χ1n) is 26.6. The zero-order valence-corrected chi connectivity index (χ0v) is 46.9. The van der Waals surface area contributed by atoms with E-state index in [-0.39, 0.29) is 80.9 Å². The third-order valence-corrected chi connectivity index (χ3v) is 15.8. The third kappa shape index (κ3) is 15.6. The monoisotopic (exact) mass is 1230 g/mol. The lowest BCUT2D eigenvalue weighted by Gasteiger charge is -2.46. The Kier molecular flexibility index (Phi) is 20.0. The first-order chi connectivity index (χ1) is 41.4. The number of benzene rings is 4. The summed E-state index contributed by atoms with van der Waals surface area (Å²) in [6.45, 7) is 1.00. The molecule has 458 valence electrons. The molecule has 4 aliphatic heterocycles. The van der Waals surface area contributed by atoms with Gasteiger partial charge in [0.25, 0.3) is 22.7 Å². The summed E-state index contributed by atoms with van der Waals surface area (Å²) in [6.07, 6.45) is -6.46. The largest absolute Gasteiger partial charge is 0.456 e. The molecule has 3 fully saturated rings. The van der Waals surface area contributed by atoms with E-state index in [1.54, 1.807) is 6.92 Å². The van der Waals surface area contributed by atoms with Gasteiger partial charge in [-0.2, -0.15) is 0 Å². The third-order valence-electron chi connectivity index (χ3n) is 14.3. The van der Waals surface area contributed by atoms with Crippen LogP contribution in [-0.2, 0) is 64.6 Å². The fourth-order valence-corrected chi connectivity index (χ4v) is 11.4. The van der Waals surface area contributed by atoms with Crippen LogP contribution in [0.25, 0.3) is 0 Å². The van der Waals surface area contributed by atoms with Gasteiger partial charge in [-0.15, -0.1) is 11.8 Å². The lowest BCUT2D eigenvalue weighted by molar-refractivity contribution is -0.385. The van der Waals surface area contributed by atoms with Crippen LogP contribution in [0.5, 0.6) is 0 Å². The maximum Gasteiger partial charge on any atom is 0.414 e. The topological polar surface area (TPSA) is 428 Å². The van der Waals surface area contributed by atoms with Crippen molar-refractivity contribution in [2.75, 3.05) is 26.2 Å². The molecule has 0 saturated carbocycles. The highest BCUT2D eigenvalue weighted by atomic mass is 32.2. The molecule has 4 heterocycles. The number of β-lactam (4-membered cyclic amide) rings is 1. The number of aliphatic hydroxyl groups is 2. The number of nitrogens with zero attached hydrogens (tertiary/aromatic N) is 8. The zero-order chi connectivity index (χ0) is 62.8. The molecule has 32 nitrogen and oxygen atoms in total. The van der Waals surface area contributed by atoms with Crippen molar-refractivity contribution in [2.24, 2.45) is 16.8 Å². The molecule has 87 heavy (non-hydrogen) atoms. The van der Waals surface area contributed by atoms with E-state index in [0.29, 0.717) is 27.2 Å². The van der Waals surface area contributed by atoms with Crippen molar-refractivity contribution in [1.29, 1.82) is 0 Å². The number of fused-ring (bicyclic) bond motifs is 1. The number of nitro groups is 4. The maximum atomic E-state index is 14.4. The molecule has 6 amide bonds. The Labute approximate surface area is 496 Å². The molecule has 0 aliphatic carbocycles. The van der Waals surface area contributed by atoms with Crippen molar-refractivity contribution in [1.82, 2.24) is 30.7 Å². The number of esters is 1. The molecule has 0 spiro atoms. The Bertz CT molecular complexity index is 3320. The summed E-state index contributed by atoms with van der Waals surface area (Å²) in [5.74, 6) is -4.65. The van der Waals surface area contributed by atoms with E-state index < -0.39 is 128 Å². The van der Waals surface area contributed by atoms with Crippen molar-refractivity contribution in [3.05, 3.63) is 170 Å². The molecule has 8 rings (SSSR count). The van der Waals surface area contributed by atoms with Gasteiger partial charge in [0, 0.05) is 84.2 Å². The van der Waals surface area contributed by atoms with Gasteiger partial charge in [-0.3, -0.25) is 70.4 Å². The van der Waals surface area contributed by atoms with E-state index in [1.807, 2.05) is 0 Å². The minimum absolute atomic E-state index is 0.00310. The number of carbonyl (C=O) groups is 7. The van der Waals surface area contributed by atoms with E-state index in [4.69, 9.17) is 18.9 Å². The first-order valence-corrected chi connectivity index (χ1v) is 27.5. The minimum Gasteiger partial charge on any atom is -0.456 e. The van der Waals surface area contributed by atoms with Crippen LogP contribution < -0.4 is 16.0 Å². The smallest absolute Gasteiger partial charge is 0.414 e. The second kappa shape index (κ2) is 27.7. The van der Waals surface area contributed by atoms with Gasteiger partial charge in [0.05, 0.1) is 62.9 Å². The summed E-state index contributed by atoms with van der Waals surface area (Å²) in [7, 11) is 0. The number of hydrogen-bond donors (Lipinski definition) is 5. The first kappa shape index (κ1) is 62.9.